The van der Waals surface area contributed by atoms with Gasteiger partial charge < -0.3 is 10.4 Å². The van der Waals surface area contributed by atoms with Crippen LogP contribution >= 0.6 is 0 Å². The predicted octanol–water partition coefficient (Wildman–Crippen LogP) is 4.35. The molecule has 25 heavy (non-hydrogen) atoms. The third kappa shape index (κ3) is 4.53. The third-order valence-electron chi connectivity index (χ3n) is 4.47. The van der Waals surface area contributed by atoms with E-state index >= 15 is 0 Å². The fourth-order valence-electron chi connectivity index (χ4n) is 3.02. The highest BCUT2D eigenvalue weighted by Crippen LogP contribution is 2.21. The molecule has 0 spiro atoms. The number of nitrogens with one attached hydrogen (secondary N) is 1. The minimum absolute atomic E-state index is 0.0204. The molecule has 0 aliphatic carbocycles. The van der Waals surface area contributed by atoms with E-state index in [1.807, 2.05) is 54.9 Å². The Bertz CT molecular complexity index is 774. The van der Waals surface area contributed by atoms with Gasteiger partial charge in [-0.2, -0.15) is 0 Å². The summed E-state index contributed by atoms with van der Waals surface area (Å²) in [6.45, 7) is 2.82. The fraction of sp³-hybridized carbons (Fsp3) is 0.227. The second-order valence-electron chi connectivity index (χ2n) is 6.19. The van der Waals surface area contributed by atoms with Crippen molar-refractivity contribution >= 4 is 0 Å². The Morgan fingerprint density at radius 3 is 2.40 bits per heavy atom. The van der Waals surface area contributed by atoms with Crippen LogP contribution in [0.15, 0.2) is 79.1 Å². The predicted molar refractivity (Wildman–Crippen MR) is 102 cm³/mol. The second-order valence-corrected chi connectivity index (χ2v) is 6.19. The lowest BCUT2D eigenvalue weighted by molar-refractivity contribution is 0.125. The molecule has 3 aromatic rings. The van der Waals surface area contributed by atoms with Crippen LogP contribution in [0.2, 0.25) is 0 Å². The van der Waals surface area contributed by atoms with E-state index < -0.39 is 6.10 Å². The highest BCUT2D eigenvalue weighted by molar-refractivity contribution is 5.63. The van der Waals surface area contributed by atoms with Crippen molar-refractivity contribution in [2.24, 2.45) is 0 Å². The van der Waals surface area contributed by atoms with E-state index in [4.69, 9.17) is 0 Å². The zero-order valence-corrected chi connectivity index (χ0v) is 14.5. The average Bonchev–Trinajstić information content (AvgIpc) is 2.70. The molecular weight excluding hydrogens is 308 g/mol. The molecule has 3 heteroatoms. The number of benzene rings is 2. The van der Waals surface area contributed by atoms with Gasteiger partial charge in [-0.3, -0.25) is 4.98 Å². The number of hydrogen-bond donors (Lipinski definition) is 2. The monoisotopic (exact) mass is 332 g/mol. The molecule has 0 fully saturated rings. The summed E-state index contributed by atoms with van der Waals surface area (Å²) in [5.74, 6) is 0. The first-order valence-corrected chi connectivity index (χ1v) is 8.73. The summed E-state index contributed by atoms with van der Waals surface area (Å²) >= 11 is 0. The van der Waals surface area contributed by atoms with E-state index in [0.717, 1.165) is 24.1 Å². The molecule has 0 bridgehead atoms. The zero-order chi connectivity index (χ0) is 17.5. The van der Waals surface area contributed by atoms with Crippen molar-refractivity contribution in [2.75, 3.05) is 0 Å². The topological polar surface area (TPSA) is 45.2 Å². The number of aromatic nitrogens is 1. The highest BCUT2D eigenvalue weighted by atomic mass is 16.3. The average molecular weight is 332 g/mol. The zero-order valence-electron chi connectivity index (χ0n) is 14.5. The standard InChI is InChI=1S/C22H24N2O/c1-2-21(22(25)19-8-4-3-5-9-19)24-16-17-7-6-10-20(15-17)18-11-13-23-14-12-18/h3-15,21-22,24-25H,2,16H2,1H3. The number of aliphatic hydroxyl groups excluding tert-OH is 1. The van der Waals surface area contributed by atoms with Gasteiger partial charge in [0.15, 0.2) is 0 Å². The summed E-state index contributed by atoms with van der Waals surface area (Å²) < 4.78 is 0. The summed E-state index contributed by atoms with van der Waals surface area (Å²) in [6, 6.07) is 22.4. The molecule has 3 rings (SSSR count). The van der Waals surface area contributed by atoms with E-state index in [1.165, 1.54) is 11.1 Å². The molecule has 0 saturated heterocycles. The largest absolute Gasteiger partial charge is 0.387 e. The van der Waals surface area contributed by atoms with Crippen LogP contribution in [0, 0.1) is 0 Å². The minimum atomic E-state index is -0.505. The Morgan fingerprint density at radius 1 is 0.920 bits per heavy atom. The lowest BCUT2D eigenvalue weighted by Gasteiger charge is -2.23. The molecule has 0 aliphatic rings. The van der Waals surface area contributed by atoms with Crippen LogP contribution in [-0.4, -0.2) is 16.1 Å². The van der Waals surface area contributed by atoms with Crippen molar-refractivity contribution < 1.29 is 5.11 Å². The van der Waals surface area contributed by atoms with Gasteiger partial charge in [-0.05, 0) is 46.9 Å². The Morgan fingerprint density at radius 2 is 1.68 bits per heavy atom. The first kappa shape index (κ1) is 17.3. The Balaban J connectivity index is 1.68. The van der Waals surface area contributed by atoms with Crippen LogP contribution in [0.5, 0.6) is 0 Å². The number of rotatable bonds is 7. The van der Waals surface area contributed by atoms with Crippen LogP contribution in [0.3, 0.4) is 0 Å². The normalized spacial score (nSPS) is 13.4. The number of nitrogens with zero attached hydrogens (tertiary/aromatic N) is 1. The molecule has 2 N–H and O–H groups in total. The fourth-order valence-corrected chi connectivity index (χ4v) is 3.02. The molecule has 0 saturated carbocycles. The molecule has 128 valence electrons. The quantitative estimate of drug-likeness (QED) is 0.676. The molecule has 0 amide bonds. The van der Waals surface area contributed by atoms with Crippen LogP contribution in [0.25, 0.3) is 11.1 Å². The van der Waals surface area contributed by atoms with Crippen molar-refractivity contribution in [1.82, 2.24) is 10.3 Å². The molecule has 2 aromatic carbocycles. The van der Waals surface area contributed by atoms with Gasteiger partial charge >= 0.3 is 0 Å². The van der Waals surface area contributed by atoms with Crippen LogP contribution < -0.4 is 5.32 Å². The Labute approximate surface area is 149 Å². The molecule has 1 aromatic heterocycles. The van der Waals surface area contributed by atoms with E-state index in [1.54, 1.807) is 0 Å². The first-order valence-electron chi connectivity index (χ1n) is 8.73. The second kappa shape index (κ2) is 8.56. The third-order valence-corrected chi connectivity index (χ3v) is 4.47. The lowest BCUT2D eigenvalue weighted by Crippen LogP contribution is -2.34. The molecule has 3 nitrogen and oxygen atoms in total. The van der Waals surface area contributed by atoms with E-state index in [0.29, 0.717) is 0 Å². The number of hydrogen-bond acceptors (Lipinski definition) is 3. The Kier molecular flexibility index (Phi) is 5.94. The van der Waals surface area contributed by atoms with Crippen LogP contribution in [-0.2, 0) is 6.54 Å². The molecule has 0 aliphatic heterocycles. The first-order chi connectivity index (χ1) is 12.3. The van der Waals surface area contributed by atoms with Crippen molar-refractivity contribution in [1.29, 1.82) is 0 Å². The Hall–Kier alpha value is -2.49. The number of pyridine rings is 1. The summed E-state index contributed by atoms with van der Waals surface area (Å²) in [5, 5.41) is 14.1. The van der Waals surface area contributed by atoms with Gasteiger partial charge in [-0.15, -0.1) is 0 Å². The highest BCUT2D eigenvalue weighted by Gasteiger charge is 2.18. The minimum Gasteiger partial charge on any atom is -0.387 e. The maximum absolute atomic E-state index is 10.6. The van der Waals surface area contributed by atoms with Gasteiger partial charge in [0.2, 0.25) is 0 Å². The van der Waals surface area contributed by atoms with Crippen molar-refractivity contribution in [3.8, 4) is 11.1 Å². The van der Waals surface area contributed by atoms with Gasteiger partial charge in [0.05, 0.1) is 6.10 Å². The van der Waals surface area contributed by atoms with Crippen LogP contribution in [0.4, 0.5) is 0 Å². The number of aliphatic hydroxyl groups is 1. The van der Waals surface area contributed by atoms with E-state index in [2.05, 4.69) is 41.5 Å². The van der Waals surface area contributed by atoms with Crippen molar-refractivity contribution in [3.05, 3.63) is 90.3 Å². The SMILES string of the molecule is CCC(NCc1cccc(-c2ccncc2)c1)C(O)c1ccccc1. The summed E-state index contributed by atoms with van der Waals surface area (Å²) in [7, 11) is 0. The maximum Gasteiger partial charge on any atom is 0.0942 e. The van der Waals surface area contributed by atoms with Gasteiger partial charge in [-0.1, -0.05) is 55.5 Å². The molecule has 2 unspecified atom stereocenters. The van der Waals surface area contributed by atoms with E-state index in [-0.39, 0.29) is 6.04 Å². The lowest BCUT2D eigenvalue weighted by atomic mass is 9.99. The summed E-state index contributed by atoms with van der Waals surface area (Å²) in [6.07, 6.45) is 3.97. The van der Waals surface area contributed by atoms with Crippen LogP contribution in [0.1, 0.15) is 30.6 Å². The van der Waals surface area contributed by atoms with Gasteiger partial charge in [0, 0.05) is 25.0 Å². The maximum atomic E-state index is 10.6. The van der Waals surface area contributed by atoms with Crippen molar-refractivity contribution in [3.63, 3.8) is 0 Å². The smallest absolute Gasteiger partial charge is 0.0942 e. The molecule has 2 atom stereocenters. The summed E-state index contributed by atoms with van der Waals surface area (Å²) in [4.78, 5) is 4.07. The van der Waals surface area contributed by atoms with Gasteiger partial charge in [0.1, 0.15) is 0 Å². The van der Waals surface area contributed by atoms with Gasteiger partial charge in [0.25, 0.3) is 0 Å². The van der Waals surface area contributed by atoms with Gasteiger partial charge in [-0.25, -0.2) is 0 Å². The molecule has 1 heterocycles. The summed E-state index contributed by atoms with van der Waals surface area (Å²) in [5.41, 5.74) is 4.49. The van der Waals surface area contributed by atoms with E-state index in [9.17, 15) is 5.11 Å². The molecule has 0 radical (unpaired) electrons. The van der Waals surface area contributed by atoms with Crippen molar-refractivity contribution in [2.45, 2.75) is 32.0 Å². The molecular formula is C22H24N2O.